The molecular weight excluding hydrogens is 587 g/mol. The maximum atomic E-state index is 14.3. The second-order valence-electron chi connectivity index (χ2n) is 10.3. The highest BCUT2D eigenvalue weighted by Crippen LogP contribution is 2.47. The number of amides is 2. The van der Waals surface area contributed by atoms with Crippen LogP contribution in [0.2, 0.25) is 10.0 Å². The lowest BCUT2D eigenvalue weighted by Crippen LogP contribution is -2.59. The van der Waals surface area contributed by atoms with Crippen LogP contribution in [-0.2, 0) is 26.3 Å². The Morgan fingerprint density at radius 3 is 2.54 bits per heavy atom. The first-order valence-electron chi connectivity index (χ1n) is 13.3. The average molecular weight is 618 g/mol. The van der Waals surface area contributed by atoms with Crippen LogP contribution in [0.15, 0.2) is 66.9 Å². The van der Waals surface area contributed by atoms with Gasteiger partial charge in [0.15, 0.2) is 0 Å². The van der Waals surface area contributed by atoms with Gasteiger partial charge in [-0.25, -0.2) is 18.6 Å². The van der Waals surface area contributed by atoms with Gasteiger partial charge in [-0.2, -0.15) is 0 Å². The van der Waals surface area contributed by atoms with Crippen LogP contribution in [0, 0.1) is 0 Å². The molecule has 0 saturated heterocycles. The fourth-order valence-electron chi connectivity index (χ4n) is 5.86. The van der Waals surface area contributed by atoms with Gasteiger partial charge in [0.2, 0.25) is 10.0 Å². The summed E-state index contributed by atoms with van der Waals surface area (Å²) in [5.41, 5.74) is 4.59. The molecule has 2 aromatic carbocycles. The predicted octanol–water partition coefficient (Wildman–Crippen LogP) is 4.78. The van der Waals surface area contributed by atoms with Gasteiger partial charge in [0.05, 0.1) is 23.9 Å². The molecule has 1 saturated carbocycles. The number of carbonyl (C=O) groups is 2. The van der Waals surface area contributed by atoms with E-state index in [1.807, 2.05) is 6.07 Å². The Morgan fingerprint density at radius 1 is 1.05 bits per heavy atom. The SMILES string of the molecule is CS(=O)(=O)N[C@H]1CCCCC1N1C(=O)c2ccccc2[C@@H](C(=O)NOCc2ccccn2)[C@@H]1c1ccc(Cl)cc1Cl. The maximum absolute atomic E-state index is 14.3. The van der Waals surface area contributed by atoms with Crippen LogP contribution >= 0.6 is 23.2 Å². The Balaban J connectivity index is 1.60. The number of hydrogen-bond donors (Lipinski definition) is 2. The van der Waals surface area contributed by atoms with Gasteiger partial charge in [-0.05, 0) is 54.3 Å². The third-order valence-corrected chi connectivity index (χ3v) is 8.80. The molecule has 1 unspecified atom stereocenters. The number of sulfonamides is 1. The smallest absolute Gasteiger partial charge is 0.255 e. The van der Waals surface area contributed by atoms with Crippen molar-refractivity contribution in [3.8, 4) is 0 Å². The van der Waals surface area contributed by atoms with Crippen molar-refractivity contribution in [2.24, 2.45) is 0 Å². The summed E-state index contributed by atoms with van der Waals surface area (Å²) >= 11 is 13.0. The van der Waals surface area contributed by atoms with Crippen LogP contribution in [0.1, 0.15) is 64.8 Å². The molecule has 1 aliphatic heterocycles. The lowest BCUT2D eigenvalue weighted by Gasteiger charge is -2.49. The van der Waals surface area contributed by atoms with Crippen LogP contribution < -0.4 is 10.2 Å². The zero-order valence-electron chi connectivity index (χ0n) is 22.3. The van der Waals surface area contributed by atoms with E-state index < -0.39 is 40.0 Å². The van der Waals surface area contributed by atoms with Gasteiger partial charge in [0.25, 0.3) is 11.8 Å². The van der Waals surface area contributed by atoms with Crippen molar-refractivity contribution in [1.82, 2.24) is 20.1 Å². The fraction of sp³-hybridized carbons (Fsp3) is 0.345. The summed E-state index contributed by atoms with van der Waals surface area (Å²) < 4.78 is 27.4. The molecule has 1 fully saturated rings. The Morgan fingerprint density at radius 2 is 1.80 bits per heavy atom. The van der Waals surface area contributed by atoms with E-state index in [0.717, 1.165) is 19.1 Å². The highest BCUT2D eigenvalue weighted by molar-refractivity contribution is 7.88. The highest BCUT2D eigenvalue weighted by atomic mass is 35.5. The van der Waals surface area contributed by atoms with Crippen molar-refractivity contribution in [3.05, 3.63) is 99.3 Å². The number of pyridine rings is 1. The number of hydrogen-bond acceptors (Lipinski definition) is 6. The van der Waals surface area contributed by atoms with Gasteiger partial charge in [0.1, 0.15) is 6.61 Å². The summed E-state index contributed by atoms with van der Waals surface area (Å²) in [6, 6.07) is 15.3. The Bertz CT molecular complexity index is 1540. The summed E-state index contributed by atoms with van der Waals surface area (Å²) in [7, 11) is -3.57. The van der Waals surface area contributed by atoms with Gasteiger partial charge in [-0.3, -0.25) is 19.4 Å². The minimum absolute atomic E-state index is 0.0406. The fourth-order valence-corrected chi connectivity index (χ4v) is 7.20. The van der Waals surface area contributed by atoms with E-state index in [9.17, 15) is 18.0 Å². The number of fused-ring (bicyclic) bond motifs is 1. The lowest BCUT2D eigenvalue weighted by atomic mass is 9.76. The molecule has 1 aromatic heterocycles. The lowest BCUT2D eigenvalue weighted by molar-refractivity contribution is -0.138. The van der Waals surface area contributed by atoms with E-state index >= 15 is 0 Å². The number of halogens is 2. The van der Waals surface area contributed by atoms with Crippen LogP contribution in [0.5, 0.6) is 0 Å². The zero-order valence-corrected chi connectivity index (χ0v) is 24.6. The van der Waals surface area contributed by atoms with Gasteiger partial charge in [-0.1, -0.05) is 66.4 Å². The third-order valence-electron chi connectivity index (χ3n) is 7.51. The van der Waals surface area contributed by atoms with E-state index in [4.69, 9.17) is 28.0 Å². The number of rotatable bonds is 8. The third kappa shape index (κ3) is 6.57. The summed E-state index contributed by atoms with van der Waals surface area (Å²) in [4.78, 5) is 39.7. The summed E-state index contributed by atoms with van der Waals surface area (Å²) in [6.07, 6.45) is 5.44. The molecule has 0 spiro atoms. The molecule has 2 amide bonds. The Hall–Kier alpha value is -3.02. The first-order valence-corrected chi connectivity index (χ1v) is 15.9. The largest absolute Gasteiger partial charge is 0.326 e. The molecular formula is C29H30Cl2N4O5S. The molecule has 41 heavy (non-hydrogen) atoms. The number of nitrogens with zero attached hydrogens (tertiary/aromatic N) is 2. The normalized spacial score (nSPS) is 22.7. The first-order chi connectivity index (χ1) is 19.6. The van der Waals surface area contributed by atoms with Crippen molar-refractivity contribution in [2.75, 3.05) is 6.26 Å². The van der Waals surface area contributed by atoms with Crippen molar-refractivity contribution in [1.29, 1.82) is 0 Å². The van der Waals surface area contributed by atoms with Crippen LogP contribution in [0.4, 0.5) is 0 Å². The maximum Gasteiger partial charge on any atom is 0.255 e. The van der Waals surface area contributed by atoms with Crippen LogP contribution in [-0.4, -0.2) is 48.5 Å². The van der Waals surface area contributed by atoms with Gasteiger partial charge in [0, 0.05) is 33.9 Å². The minimum atomic E-state index is -3.57. The summed E-state index contributed by atoms with van der Waals surface area (Å²) in [5.74, 6) is -1.71. The predicted molar refractivity (Wildman–Crippen MR) is 156 cm³/mol. The van der Waals surface area contributed by atoms with Gasteiger partial charge in [-0.15, -0.1) is 0 Å². The molecule has 12 heteroatoms. The van der Waals surface area contributed by atoms with E-state index in [-0.39, 0.29) is 17.5 Å². The first kappa shape index (κ1) is 29.5. The van der Waals surface area contributed by atoms with Crippen molar-refractivity contribution < 1.29 is 22.8 Å². The van der Waals surface area contributed by atoms with E-state index in [2.05, 4.69) is 15.2 Å². The highest BCUT2D eigenvalue weighted by Gasteiger charge is 2.49. The number of aromatic nitrogens is 1. The summed E-state index contributed by atoms with van der Waals surface area (Å²) in [5, 5.41) is 0.692. The van der Waals surface area contributed by atoms with Gasteiger partial charge < -0.3 is 4.90 Å². The minimum Gasteiger partial charge on any atom is -0.326 e. The van der Waals surface area contributed by atoms with E-state index in [0.29, 0.717) is 40.2 Å². The molecule has 3 aromatic rings. The standard InChI is InChI=1S/C29H30Cl2N4O5S/c1-41(38,39)34-24-11-4-5-12-25(24)35-27(22-14-13-18(30)16-23(22)31)26(20-9-2-3-10-21(20)29(35)37)28(36)33-40-17-19-8-6-7-15-32-19/h2-3,6-10,13-16,24-27,34H,4-5,11-12,17H2,1H3,(H,33,36)/t24-,25?,26+,27-/m0/s1. The van der Waals surface area contributed by atoms with E-state index in [1.54, 1.807) is 65.7 Å². The monoisotopic (exact) mass is 616 g/mol. The van der Waals surface area contributed by atoms with Crippen molar-refractivity contribution in [3.63, 3.8) is 0 Å². The zero-order chi connectivity index (χ0) is 29.1. The average Bonchev–Trinajstić information content (AvgIpc) is 2.93. The Labute approximate surface area is 249 Å². The topological polar surface area (TPSA) is 118 Å². The van der Waals surface area contributed by atoms with E-state index in [1.165, 1.54) is 0 Å². The van der Waals surface area contributed by atoms with Crippen LogP contribution in [0.3, 0.4) is 0 Å². The number of benzene rings is 2. The van der Waals surface area contributed by atoms with Gasteiger partial charge >= 0.3 is 0 Å². The molecule has 2 aliphatic rings. The molecule has 4 atom stereocenters. The molecule has 9 nitrogen and oxygen atoms in total. The quantitative estimate of drug-likeness (QED) is 0.352. The number of hydroxylamine groups is 1. The van der Waals surface area contributed by atoms with Crippen molar-refractivity contribution >= 4 is 45.0 Å². The molecule has 0 bridgehead atoms. The van der Waals surface area contributed by atoms with Crippen LogP contribution in [0.25, 0.3) is 0 Å². The molecule has 5 rings (SSSR count). The Kier molecular flexibility index (Phi) is 8.96. The molecule has 216 valence electrons. The molecule has 2 N–H and O–H groups in total. The second kappa shape index (κ2) is 12.5. The summed E-state index contributed by atoms with van der Waals surface area (Å²) in [6.45, 7) is 0.0406. The number of nitrogens with one attached hydrogen (secondary N) is 2. The molecule has 1 aliphatic carbocycles. The molecule has 2 heterocycles. The van der Waals surface area contributed by atoms with Crippen molar-refractivity contribution in [2.45, 2.75) is 56.3 Å². The number of carbonyl (C=O) groups excluding carboxylic acids is 2. The molecule has 0 radical (unpaired) electrons. The second-order valence-corrected chi connectivity index (χ2v) is 12.9.